The molecule has 2 heterocycles. The Morgan fingerprint density at radius 1 is 1.45 bits per heavy atom. The van der Waals surface area contributed by atoms with Gasteiger partial charge in [-0.2, -0.15) is 16.6 Å². The summed E-state index contributed by atoms with van der Waals surface area (Å²) in [5.74, 6) is -0.271. The average Bonchev–Trinajstić information content (AvgIpc) is 3.32. The predicted molar refractivity (Wildman–Crippen MR) is 116 cm³/mol. The lowest BCUT2D eigenvalue weighted by Gasteiger charge is -2.27. The molecular weight excluding hydrogens is 406 g/mol. The lowest BCUT2D eigenvalue weighted by atomic mass is 9.94. The maximum absolute atomic E-state index is 12.3. The van der Waals surface area contributed by atoms with Gasteiger partial charge in [0.15, 0.2) is 0 Å². The van der Waals surface area contributed by atoms with Crippen LogP contribution in [-0.2, 0) is 22.4 Å². The molecule has 1 aliphatic rings. The molecule has 0 aromatic carbocycles. The largest absolute Gasteiger partial charge is 0.446 e. The molecule has 2 amide bonds. The minimum Gasteiger partial charge on any atom is -0.446 e. The predicted octanol–water partition coefficient (Wildman–Crippen LogP) is 4.67. The molecule has 1 aliphatic carbocycles. The molecule has 152 valence electrons. The molecule has 8 heteroatoms. The van der Waals surface area contributed by atoms with Gasteiger partial charge in [-0.3, -0.25) is 4.79 Å². The molecule has 1 unspecified atom stereocenters. The second-order valence-electron chi connectivity index (χ2n) is 7.15. The highest BCUT2D eigenvalue weighted by Gasteiger charge is 2.29. The Balaban J connectivity index is 1.69. The maximum Gasteiger partial charge on any atom is 0.410 e. The van der Waals surface area contributed by atoms with Crippen LogP contribution in [0.25, 0.3) is 6.08 Å². The number of rotatable bonds is 5. The number of ether oxygens (including phenoxy) is 1. The van der Waals surface area contributed by atoms with E-state index < -0.39 is 0 Å². The number of nitrogens with one attached hydrogen (secondary N) is 1. The number of thiophene rings is 2. The second-order valence-corrected chi connectivity index (χ2v) is 9.04. The third-order valence-electron chi connectivity index (χ3n) is 4.87. The number of fused-ring (bicyclic) bond motifs is 1. The van der Waals surface area contributed by atoms with Crippen LogP contribution in [0.15, 0.2) is 22.9 Å². The first-order chi connectivity index (χ1) is 13.9. The topological polar surface area (TPSA) is 82.4 Å². The summed E-state index contributed by atoms with van der Waals surface area (Å²) in [6.45, 7) is 3.86. The molecule has 2 aromatic rings. The van der Waals surface area contributed by atoms with Gasteiger partial charge in [-0.1, -0.05) is 0 Å². The van der Waals surface area contributed by atoms with Gasteiger partial charge in [-0.15, -0.1) is 11.3 Å². The molecule has 0 spiro atoms. The van der Waals surface area contributed by atoms with Crippen LogP contribution in [0, 0.1) is 11.3 Å². The lowest BCUT2D eigenvalue weighted by Crippen LogP contribution is -2.37. The van der Waals surface area contributed by atoms with Gasteiger partial charge in [0.2, 0.25) is 5.91 Å². The summed E-state index contributed by atoms with van der Waals surface area (Å²) in [6, 6.07) is 4.22. The fourth-order valence-electron chi connectivity index (χ4n) is 2.99. The van der Waals surface area contributed by atoms with Gasteiger partial charge in [0.05, 0.1) is 5.56 Å². The zero-order valence-corrected chi connectivity index (χ0v) is 18.2. The summed E-state index contributed by atoms with van der Waals surface area (Å²) in [7, 11) is 1.72. The number of nitrogens with zero attached hydrogens (tertiary/aromatic N) is 2. The fraction of sp³-hybridized carbons (Fsp3) is 0.381. The summed E-state index contributed by atoms with van der Waals surface area (Å²) in [4.78, 5) is 27.0. The van der Waals surface area contributed by atoms with Crippen molar-refractivity contribution in [3.05, 3.63) is 44.5 Å². The van der Waals surface area contributed by atoms with Crippen molar-refractivity contribution in [1.82, 2.24) is 4.90 Å². The molecule has 1 atom stereocenters. The first-order valence-corrected chi connectivity index (χ1v) is 11.1. The van der Waals surface area contributed by atoms with Crippen molar-refractivity contribution in [1.29, 1.82) is 5.26 Å². The van der Waals surface area contributed by atoms with E-state index in [1.807, 2.05) is 30.7 Å². The number of carbonyl (C=O) groups is 2. The van der Waals surface area contributed by atoms with Crippen LogP contribution in [-0.4, -0.2) is 36.1 Å². The van der Waals surface area contributed by atoms with Crippen LogP contribution in [0.2, 0.25) is 0 Å². The number of carbonyl (C=O) groups excluding carboxylic acids is 2. The second kappa shape index (κ2) is 9.25. The molecule has 3 rings (SSSR count). The van der Waals surface area contributed by atoms with E-state index >= 15 is 0 Å². The zero-order valence-electron chi connectivity index (χ0n) is 16.6. The Kier molecular flexibility index (Phi) is 6.72. The molecule has 1 N–H and O–H groups in total. The number of anilines is 1. The molecular formula is C21H23N3O3S2. The summed E-state index contributed by atoms with van der Waals surface area (Å²) >= 11 is 2.96. The van der Waals surface area contributed by atoms with Crippen LogP contribution in [0.4, 0.5) is 9.80 Å². The molecule has 0 saturated heterocycles. The lowest BCUT2D eigenvalue weighted by molar-refractivity contribution is -0.111. The Morgan fingerprint density at radius 3 is 2.90 bits per heavy atom. The molecule has 29 heavy (non-hydrogen) atoms. The van der Waals surface area contributed by atoms with E-state index in [0.717, 1.165) is 16.0 Å². The number of amides is 2. The number of hydrogen-bond acceptors (Lipinski definition) is 6. The van der Waals surface area contributed by atoms with Crippen molar-refractivity contribution < 1.29 is 14.3 Å². The summed E-state index contributed by atoms with van der Waals surface area (Å²) in [5.41, 5.74) is 2.44. The third kappa shape index (κ3) is 5.05. The van der Waals surface area contributed by atoms with E-state index in [2.05, 4.69) is 11.4 Å². The van der Waals surface area contributed by atoms with Crippen molar-refractivity contribution >= 4 is 45.8 Å². The van der Waals surface area contributed by atoms with Crippen LogP contribution < -0.4 is 5.32 Å². The molecule has 6 nitrogen and oxygen atoms in total. The van der Waals surface area contributed by atoms with Gasteiger partial charge in [-0.05, 0) is 60.7 Å². The molecule has 0 saturated carbocycles. The summed E-state index contributed by atoms with van der Waals surface area (Å²) < 4.78 is 5.63. The molecule has 0 aliphatic heterocycles. The minimum absolute atomic E-state index is 0.0672. The van der Waals surface area contributed by atoms with Crippen molar-refractivity contribution in [2.45, 2.75) is 45.3 Å². The van der Waals surface area contributed by atoms with Crippen molar-refractivity contribution in [3.8, 4) is 6.07 Å². The van der Waals surface area contributed by atoms with Crippen molar-refractivity contribution in [2.24, 2.45) is 0 Å². The zero-order chi connectivity index (χ0) is 21.0. The van der Waals surface area contributed by atoms with Gasteiger partial charge < -0.3 is 15.0 Å². The number of nitriles is 1. The van der Waals surface area contributed by atoms with E-state index in [-0.39, 0.29) is 24.1 Å². The van der Waals surface area contributed by atoms with Crippen molar-refractivity contribution in [2.75, 3.05) is 12.4 Å². The monoisotopic (exact) mass is 429 g/mol. The van der Waals surface area contributed by atoms with Gasteiger partial charge in [0.25, 0.3) is 0 Å². The molecule has 0 fully saturated rings. The Hall–Kier alpha value is -2.63. The van der Waals surface area contributed by atoms with Crippen LogP contribution in [0.1, 0.15) is 41.8 Å². The average molecular weight is 430 g/mol. The van der Waals surface area contributed by atoms with E-state index in [9.17, 15) is 14.9 Å². The highest BCUT2D eigenvalue weighted by molar-refractivity contribution is 7.16. The standard InChI is InChI=1S/C21H23N3O3S2/c1-13(2)24(3)21(26)27-15-5-6-16-17(11-22)20(29-18(16)10-15)23-19(25)7-4-14-8-9-28-12-14/h4,7-9,12-13,15H,5-6,10H2,1-3H3,(H,23,25). The number of hydrogen-bond donors (Lipinski definition) is 1. The van der Waals surface area contributed by atoms with Crippen LogP contribution in [0.5, 0.6) is 0 Å². The fourth-order valence-corrected chi connectivity index (χ4v) is 4.89. The smallest absolute Gasteiger partial charge is 0.410 e. The third-order valence-corrected chi connectivity index (χ3v) is 6.74. The van der Waals surface area contributed by atoms with Crippen LogP contribution >= 0.6 is 22.7 Å². The van der Waals surface area contributed by atoms with Gasteiger partial charge in [0, 0.05) is 30.5 Å². The first-order valence-electron chi connectivity index (χ1n) is 9.38. The maximum atomic E-state index is 12.3. The van der Waals surface area contributed by atoms with E-state index in [1.54, 1.807) is 29.4 Å². The van der Waals surface area contributed by atoms with Crippen molar-refractivity contribution in [3.63, 3.8) is 0 Å². The van der Waals surface area contributed by atoms with E-state index in [0.29, 0.717) is 29.8 Å². The summed E-state index contributed by atoms with van der Waals surface area (Å²) in [5, 5.41) is 16.9. The van der Waals surface area contributed by atoms with Gasteiger partial charge in [-0.25, -0.2) is 4.79 Å². The minimum atomic E-state index is -0.336. The SMILES string of the molecule is CC(C)N(C)C(=O)OC1CCc2c(sc(NC(=O)C=Cc3ccsc3)c2C#N)C1. The quantitative estimate of drug-likeness (QED) is 0.701. The van der Waals surface area contributed by atoms with E-state index in [1.165, 1.54) is 17.4 Å². The molecule has 0 bridgehead atoms. The van der Waals surface area contributed by atoms with Gasteiger partial charge in [0.1, 0.15) is 17.2 Å². The van der Waals surface area contributed by atoms with Gasteiger partial charge >= 0.3 is 6.09 Å². The highest BCUT2D eigenvalue weighted by Crippen LogP contribution is 2.38. The normalized spacial score (nSPS) is 15.8. The Labute approximate surface area is 178 Å². The van der Waals surface area contributed by atoms with Crippen LogP contribution in [0.3, 0.4) is 0 Å². The molecule has 2 aromatic heterocycles. The Bertz CT molecular complexity index is 955. The van der Waals surface area contributed by atoms with E-state index in [4.69, 9.17) is 4.74 Å². The molecule has 0 radical (unpaired) electrons. The summed E-state index contributed by atoms with van der Waals surface area (Å²) in [6.07, 6.45) is 4.54. The first kappa shape index (κ1) is 21.1. The highest BCUT2D eigenvalue weighted by atomic mass is 32.1. The Morgan fingerprint density at radius 2 is 2.24 bits per heavy atom.